The largest absolute Gasteiger partial charge is 0.494 e. The SMILES string of the molecule is CC/C(=N/Nc1ccccc1)c1c(O)[nH]c(=O)[nH]c1=O. The van der Waals surface area contributed by atoms with E-state index in [2.05, 4.69) is 20.5 Å². The van der Waals surface area contributed by atoms with Crippen LogP contribution >= 0.6 is 0 Å². The molecule has 0 aliphatic heterocycles. The van der Waals surface area contributed by atoms with E-state index in [4.69, 9.17) is 0 Å². The lowest BCUT2D eigenvalue weighted by atomic mass is 10.1. The molecule has 104 valence electrons. The van der Waals surface area contributed by atoms with Crippen molar-refractivity contribution < 1.29 is 5.11 Å². The molecule has 0 amide bonds. The molecule has 1 aromatic carbocycles. The predicted molar refractivity (Wildman–Crippen MR) is 76.2 cm³/mol. The van der Waals surface area contributed by atoms with Crippen molar-refractivity contribution in [1.82, 2.24) is 9.97 Å². The molecule has 4 N–H and O–H groups in total. The number of nitrogens with zero attached hydrogens (tertiary/aromatic N) is 1. The summed E-state index contributed by atoms with van der Waals surface area (Å²) in [5.41, 5.74) is 2.39. The third kappa shape index (κ3) is 2.94. The van der Waals surface area contributed by atoms with Crippen molar-refractivity contribution in [2.75, 3.05) is 5.43 Å². The molecule has 1 aromatic heterocycles. The molecule has 7 nitrogen and oxygen atoms in total. The zero-order valence-corrected chi connectivity index (χ0v) is 10.8. The second-order valence-electron chi connectivity index (χ2n) is 4.02. The van der Waals surface area contributed by atoms with Crippen molar-refractivity contribution >= 4 is 11.4 Å². The molecule has 0 spiro atoms. The Morgan fingerprint density at radius 2 is 1.95 bits per heavy atom. The van der Waals surface area contributed by atoms with E-state index in [0.29, 0.717) is 12.1 Å². The Balaban J connectivity index is 2.38. The number of hydrogen-bond acceptors (Lipinski definition) is 5. The number of rotatable bonds is 4. The molecule has 0 saturated carbocycles. The molecular weight excluding hydrogens is 260 g/mol. The molecule has 0 bridgehead atoms. The fourth-order valence-electron chi connectivity index (χ4n) is 1.70. The quantitative estimate of drug-likeness (QED) is 0.492. The van der Waals surface area contributed by atoms with E-state index in [-0.39, 0.29) is 5.56 Å². The molecule has 0 fully saturated rings. The van der Waals surface area contributed by atoms with Gasteiger partial charge in [0.2, 0.25) is 5.88 Å². The average Bonchev–Trinajstić information content (AvgIpc) is 2.42. The maximum absolute atomic E-state index is 11.7. The number of benzene rings is 1. The van der Waals surface area contributed by atoms with Crippen molar-refractivity contribution in [3.05, 3.63) is 56.7 Å². The molecular formula is C13H14N4O3. The monoisotopic (exact) mass is 274 g/mol. The number of aromatic amines is 2. The predicted octanol–water partition coefficient (Wildman–Crippen LogP) is 0.995. The summed E-state index contributed by atoms with van der Waals surface area (Å²) in [6.07, 6.45) is 0.405. The van der Waals surface area contributed by atoms with Gasteiger partial charge in [-0.05, 0) is 18.6 Å². The number of hydrazone groups is 1. The molecule has 0 unspecified atom stereocenters. The van der Waals surface area contributed by atoms with Gasteiger partial charge in [0.1, 0.15) is 5.56 Å². The van der Waals surface area contributed by atoms with Crippen molar-refractivity contribution in [3.63, 3.8) is 0 Å². The van der Waals surface area contributed by atoms with Gasteiger partial charge in [-0.1, -0.05) is 25.1 Å². The van der Waals surface area contributed by atoms with Gasteiger partial charge in [-0.15, -0.1) is 0 Å². The second-order valence-corrected chi connectivity index (χ2v) is 4.02. The number of aromatic nitrogens is 2. The van der Waals surface area contributed by atoms with Crippen LogP contribution in [0, 0.1) is 0 Å². The lowest BCUT2D eigenvalue weighted by Gasteiger charge is -2.06. The molecule has 0 aliphatic carbocycles. The molecule has 0 saturated heterocycles. The molecule has 2 rings (SSSR count). The highest BCUT2D eigenvalue weighted by atomic mass is 16.3. The third-order valence-electron chi connectivity index (χ3n) is 2.64. The van der Waals surface area contributed by atoms with Gasteiger partial charge in [0.25, 0.3) is 5.56 Å². The van der Waals surface area contributed by atoms with Crippen molar-refractivity contribution in [1.29, 1.82) is 0 Å². The number of anilines is 1. The summed E-state index contributed by atoms with van der Waals surface area (Å²) >= 11 is 0. The first kappa shape index (κ1) is 13.6. The van der Waals surface area contributed by atoms with Crippen molar-refractivity contribution in [2.45, 2.75) is 13.3 Å². The van der Waals surface area contributed by atoms with E-state index in [0.717, 1.165) is 5.69 Å². The van der Waals surface area contributed by atoms with Gasteiger partial charge in [0.05, 0.1) is 11.4 Å². The Morgan fingerprint density at radius 3 is 2.55 bits per heavy atom. The van der Waals surface area contributed by atoms with Crippen molar-refractivity contribution in [3.8, 4) is 5.88 Å². The number of aromatic hydroxyl groups is 1. The molecule has 0 atom stereocenters. The number of H-pyrrole nitrogens is 2. The van der Waals surface area contributed by atoms with Gasteiger partial charge in [-0.2, -0.15) is 5.10 Å². The van der Waals surface area contributed by atoms with Crippen molar-refractivity contribution in [2.24, 2.45) is 5.10 Å². The number of hydrogen-bond donors (Lipinski definition) is 4. The lowest BCUT2D eigenvalue weighted by molar-refractivity contribution is 0.447. The standard InChI is InChI=1S/C13H14N4O3/c1-2-9(17-16-8-6-4-3-5-7-8)10-11(18)14-13(20)15-12(10)19/h3-7,16H,2H2,1H3,(H3,14,15,18,19,20)/b17-9-. The normalized spacial score (nSPS) is 11.3. The Hall–Kier alpha value is -2.83. The van der Waals surface area contributed by atoms with Gasteiger partial charge < -0.3 is 5.11 Å². The summed E-state index contributed by atoms with van der Waals surface area (Å²) in [6, 6.07) is 9.18. The van der Waals surface area contributed by atoms with Gasteiger partial charge in [-0.3, -0.25) is 20.2 Å². The van der Waals surface area contributed by atoms with Crippen LogP contribution in [0.1, 0.15) is 18.9 Å². The highest BCUT2D eigenvalue weighted by Gasteiger charge is 2.14. The number of nitrogens with one attached hydrogen (secondary N) is 3. The molecule has 2 aromatic rings. The zero-order valence-electron chi connectivity index (χ0n) is 10.8. The summed E-state index contributed by atoms with van der Waals surface area (Å²) in [5, 5.41) is 13.8. The van der Waals surface area contributed by atoms with E-state index in [1.807, 2.05) is 30.3 Å². The molecule has 20 heavy (non-hydrogen) atoms. The van der Waals surface area contributed by atoms with E-state index in [1.54, 1.807) is 6.92 Å². The van der Waals surface area contributed by atoms with Crippen LogP contribution in [0.15, 0.2) is 45.0 Å². The maximum atomic E-state index is 11.7. The minimum absolute atomic E-state index is 0.0458. The molecule has 7 heteroatoms. The zero-order chi connectivity index (χ0) is 14.5. The minimum atomic E-state index is -0.761. The summed E-state index contributed by atoms with van der Waals surface area (Å²) in [7, 11) is 0. The molecule has 1 heterocycles. The average molecular weight is 274 g/mol. The van der Waals surface area contributed by atoms with Crippen LogP contribution in [0.5, 0.6) is 5.88 Å². The topological polar surface area (TPSA) is 110 Å². The van der Waals surface area contributed by atoms with Gasteiger partial charge in [0.15, 0.2) is 0 Å². The second kappa shape index (κ2) is 5.87. The number of para-hydroxylation sites is 1. The van der Waals surface area contributed by atoms with Crippen LogP contribution in [-0.2, 0) is 0 Å². The summed E-state index contributed by atoms with van der Waals surface area (Å²) in [5.74, 6) is -0.491. The molecule has 0 aliphatic rings. The first-order chi connectivity index (χ1) is 9.61. The minimum Gasteiger partial charge on any atom is -0.494 e. The Kier molecular flexibility index (Phi) is 3.99. The van der Waals surface area contributed by atoms with Crippen LogP contribution in [0.25, 0.3) is 0 Å². The lowest BCUT2D eigenvalue weighted by Crippen LogP contribution is -2.28. The van der Waals surface area contributed by atoms with Crippen LogP contribution in [0.2, 0.25) is 0 Å². The molecule has 0 radical (unpaired) electrons. The maximum Gasteiger partial charge on any atom is 0.328 e. The third-order valence-corrected chi connectivity index (χ3v) is 2.64. The van der Waals surface area contributed by atoms with Crippen LogP contribution < -0.4 is 16.7 Å². The fourth-order valence-corrected chi connectivity index (χ4v) is 1.70. The van der Waals surface area contributed by atoms with Crippen LogP contribution in [-0.4, -0.2) is 20.8 Å². The van der Waals surface area contributed by atoms with E-state index in [1.165, 1.54) is 0 Å². The van der Waals surface area contributed by atoms with Crippen LogP contribution in [0.4, 0.5) is 5.69 Å². The Morgan fingerprint density at radius 1 is 1.25 bits per heavy atom. The fraction of sp³-hybridized carbons (Fsp3) is 0.154. The first-order valence-electron chi connectivity index (χ1n) is 6.05. The van der Waals surface area contributed by atoms with E-state index in [9.17, 15) is 14.7 Å². The highest BCUT2D eigenvalue weighted by Crippen LogP contribution is 2.11. The first-order valence-corrected chi connectivity index (χ1v) is 6.05. The van der Waals surface area contributed by atoms with Gasteiger partial charge >= 0.3 is 5.69 Å². The van der Waals surface area contributed by atoms with Gasteiger partial charge in [-0.25, -0.2) is 4.79 Å². The van der Waals surface area contributed by atoms with E-state index >= 15 is 0 Å². The summed E-state index contributed by atoms with van der Waals surface area (Å²) in [4.78, 5) is 26.9. The van der Waals surface area contributed by atoms with E-state index < -0.39 is 17.1 Å². The van der Waals surface area contributed by atoms with Crippen LogP contribution in [0.3, 0.4) is 0 Å². The highest BCUT2D eigenvalue weighted by molar-refractivity contribution is 6.02. The Labute approximate surface area is 114 Å². The van der Waals surface area contributed by atoms with Gasteiger partial charge in [0, 0.05) is 0 Å². The summed E-state index contributed by atoms with van der Waals surface area (Å²) in [6.45, 7) is 1.79. The Bertz CT molecular complexity index is 731. The summed E-state index contributed by atoms with van der Waals surface area (Å²) < 4.78 is 0. The smallest absolute Gasteiger partial charge is 0.328 e.